The smallest absolute Gasteiger partial charge is 0.0968 e. The Morgan fingerprint density at radius 3 is 2.89 bits per heavy atom. The summed E-state index contributed by atoms with van der Waals surface area (Å²) in [5, 5.41) is 4.68. The molecule has 3 nitrogen and oxygen atoms in total. The number of rotatable bonds is 4. The van der Waals surface area contributed by atoms with Crippen LogP contribution in [0, 0.1) is 0 Å². The molecule has 106 valence electrons. The van der Waals surface area contributed by atoms with Gasteiger partial charge in [0.05, 0.1) is 11.1 Å². The SMILES string of the molecule is C[C@H]1OCC[C@@H]1NCc1ccnc(SC(C)(C)C)c1. The van der Waals surface area contributed by atoms with Gasteiger partial charge in [-0.1, -0.05) is 20.8 Å². The van der Waals surface area contributed by atoms with Crippen molar-refractivity contribution < 1.29 is 4.74 Å². The lowest BCUT2D eigenvalue weighted by atomic mass is 10.1. The molecule has 1 N–H and O–H groups in total. The van der Waals surface area contributed by atoms with Crippen LogP contribution in [0.3, 0.4) is 0 Å². The van der Waals surface area contributed by atoms with E-state index in [1.54, 1.807) is 0 Å². The van der Waals surface area contributed by atoms with Gasteiger partial charge >= 0.3 is 0 Å². The third kappa shape index (κ3) is 4.79. The van der Waals surface area contributed by atoms with Crippen LogP contribution in [0.5, 0.6) is 0 Å². The predicted octanol–water partition coefficient (Wildman–Crippen LogP) is 3.24. The summed E-state index contributed by atoms with van der Waals surface area (Å²) in [7, 11) is 0. The van der Waals surface area contributed by atoms with Crippen molar-refractivity contribution in [2.24, 2.45) is 0 Å². The second-order valence-corrected chi connectivity index (χ2v) is 7.92. The summed E-state index contributed by atoms with van der Waals surface area (Å²) in [5.74, 6) is 0. The molecule has 0 spiro atoms. The summed E-state index contributed by atoms with van der Waals surface area (Å²) in [6, 6.07) is 4.75. The molecular formula is C15H24N2OS. The summed E-state index contributed by atoms with van der Waals surface area (Å²) in [6.45, 7) is 10.5. The fraction of sp³-hybridized carbons (Fsp3) is 0.667. The molecule has 1 saturated heterocycles. The van der Waals surface area contributed by atoms with Crippen molar-refractivity contribution in [1.82, 2.24) is 10.3 Å². The number of hydrogen-bond acceptors (Lipinski definition) is 4. The maximum atomic E-state index is 5.56. The maximum Gasteiger partial charge on any atom is 0.0968 e. The minimum absolute atomic E-state index is 0.201. The van der Waals surface area contributed by atoms with Crippen LogP contribution >= 0.6 is 11.8 Å². The van der Waals surface area contributed by atoms with Gasteiger partial charge < -0.3 is 10.1 Å². The number of nitrogens with zero attached hydrogens (tertiary/aromatic N) is 1. The van der Waals surface area contributed by atoms with Crippen molar-refractivity contribution in [2.45, 2.75) is 62.6 Å². The van der Waals surface area contributed by atoms with Crippen LogP contribution in [-0.2, 0) is 11.3 Å². The van der Waals surface area contributed by atoms with Crippen LogP contribution in [0.1, 0.15) is 39.7 Å². The number of thioether (sulfide) groups is 1. The Morgan fingerprint density at radius 1 is 1.47 bits per heavy atom. The molecule has 0 bridgehead atoms. The molecule has 19 heavy (non-hydrogen) atoms. The van der Waals surface area contributed by atoms with Gasteiger partial charge in [0, 0.05) is 30.1 Å². The highest BCUT2D eigenvalue weighted by atomic mass is 32.2. The molecule has 0 radical (unpaired) electrons. The minimum Gasteiger partial charge on any atom is -0.377 e. The highest BCUT2D eigenvalue weighted by Crippen LogP contribution is 2.30. The lowest BCUT2D eigenvalue weighted by Crippen LogP contribution is -2.34. The first-order valence-corrected chi connectivity index (χ1v) is 7.75. The number of pyridine rings is 1. The van der Waals surface area contributed by atoms with Crippen LogP contribution in [0.4, 0.5) is 0 Å². The van der Waals surface area contributed by atoms with Crippen LogP contribution in [-0.4, -0.2) is 28.5 Å². The fourth-order valence-electron chi connectivity index (χ4n) is 2.18. The molecule has 4 heteroatoms. The monoisotopic (exact) mass is 280 g/mol. The molecule has 0 unspecified atom stereocenters. The molecule has 0 saturated carbocycles. The van der Waals surface area contributed by atoms with Gasteiger partial charge in [-0.15, -0.1) is 11.8 Å². The zero-order valence-electron chi connectivity index (χ0n) is 12.3. The van der Waals surface area contributed by atoms with Gasteiger partial charge in [0.2, 0.25) is 0 Å². The minimum atomic E-state index is 0.201. The molecule has 2 rings (SSSR count). The van der Waals surface area contributed by atoms with Crippen molar-refractivity contribution in [3.05, 3.63) is 23.9 Å². The number of nitrogens with one attached hydrogen (secondary N) is 1. The molecule has 1 fully saturated rings. The van der Waals surface area contributed by atoms with Crippen molar-refractivity contribution in [1.29, 1.82) is 0 Å². The fourth-order valence-corrected chi connectivity index (χ4v) is 3.13. The topological polar surface area (TPSA) is 34.1 Å². The second-order valence-electron chi connectivity index (χ2n) is 6.07. The zero-order chi connectivity index (χ0) is 13.9. The van der Waals surface area contributed by atoms with Crippen molar-refractivity contribution in [2.75, 3.05) is 6.61 Å². The van der Waals surface area contributed by atoms with E-state index >= 15 is 0 Å². The molecule has 1 aliphatic rings. The van der Waals surface area contributed by atoms with Crippen LogP contribution < -0.4 is 5.32 Å². The van der Waals surface area contributed by atoms with Crippen LogP contribution in [0.25, 0.3) is 0 Å². The lowest BCUT2D eigenvalue weighted by Gasteiger charge is -2.18. The van der Waals surface area contributed by atoms with Crippen molar-refractivity contribution in [3.8, 4) is 0 Å². The molecular weight excluding hydrogens is 256 g/mol. The van der Waals surface area contributed by atoms with Gasteiger partial charge in [0.15, 0.2) is 0 Å². The average Bonchev–Trinajstić information content (AvgIpc) is 2.70. The second kappa shape index (κ2) is 6.25. The van der Waals surface area contributed by atoms with E-state index < -0.39 is 0 Å². The summed E-state index contributed by atoms with van der Waals surface area (Å²) in [6.07, 6.45) is 3.33. The highest BCUT2D eigenvalue weighted by molar-refractivity contribution is 8.00. The Hall–Kier alpha value is -0.580. The first-order chi connectivity index (χ1) is 8.94. The predicted molar refractivity (Wildman–Crippen MR) is 80.5 cm³/mol. The Kier molecular flexibility index (Phi) is 4.87. The van der Waals surface area contributed by atoms with Gasteiger partial charge in [-0.2, -0.15) is 0 Å². The third-order valence-corrected chi connectivity index (χ3v) is 4.20. The number of ether oxygens (including phenoxy) is 1. The normalized spacial score (nSPS) is 23.8. The molecule has 2 atom stereocenters. The molecule has 2 heterocycles. The number of aromatic nitrogens is 1. The molecule has 1 aliphatic heterocycles. The first-order valence-electron chi connectivity index (χ1n) is 6.93. The summed E-state index contributed by atoms with van der Waals surface area (Å²) in [5.41, 5.74) is 1.29. The van der Waals surface area contributed by atoms with Gasteiger partial charge in [0.25, 0.3) is 0 Å². The zero-order valence-corrected chi connectivity index (χ0v) is 13.1. The van der Waals surface area contributed by atoms with E-state index in [0.717, 1.165) is 24.6 Å². The molecule has 1 aromatic heterocycles. The van der Waals surface area contributed by atoms with E-state index in [1.807, 2.05) is 18.0 Å². The maximum absolute atomic E-state index is 5.56. The molecule has 0 amide bonds. The largest absolute Gasteiger partial charge is 0.377 e. The van der Waals surface area contributed by atoms with Crippen LogP contribution in [0.15, 0.2) is 23.4 Å². The molecule has 0 aliphatic carbocycles. The van der Waals surface area contributed by atoms with Gasteiger partial charge in [0.1, 0.15) is 0 Å². The number of hydrogen-bond donors (Lipinski definition) is 1. The summed E-state index contributed by atoms with van der Waals surface area (Å²) >= 11 is 1.81. The van der Waals surface area contributed by atoms with E-state index in [-0.39, 0.29) is 4.75 Å². The van der Waals surface area contributed by atoms with E-state index in [0.29, 0.717) is 12.1 Å². The molecule has 1 aromatic rings. The van der Waals surface area contributed by atoms with Gasteiger partial charge in [-0.3, -0.25) is 0 Å². The van der Waals surface area contributed by atoms with E-state index in [2.05, 4.69) is 50.1 Å². The van der Waals surface area contributed by atoms with Gasteiger partial charge in [-0.05, 0) is 31.0 Å². The third-order valence-electron chi connectivity index (χ3n) is 3.15. The van der Waals surface area contributed by atoms with Crippen molar-refractivity contribution >= 4 is 11.8 Å². The summed E-state index contributed by atoms with van der Waals surface area (Å²) < 4.78 is 5.77. The highest BCUT2D eigenvalue weighted by Gasteiger charge is 2.23. The van der Waals surface area contributed by atoms with Gasteiger partial charge in [-0.25, -0.2) is 4.98 Å². The molecule has 0 aromatic carbocycles. The van der Waals surface area contributed by atoms with Crippen molar-refractivity contribution in [3.63, 3.8) is 0 Å². The van der Waals surface area contributed by atoms with E-state index in [9.17, 15) is 0 Å². The average molecular weight is 280 g/mol. The summed E-state index contributed by atoms with van der Waals surface area (Å²) in [4.78, 5) is 4.43. The Bertz CT molecular complexity index is 417. The standard InChI is InChI=1S/C15H24N2OS/c1-11-13(6-8-18-11)17-10-12-5-7-16-14(9-12)19-15(2,3)4/h5,7,9,11,13,17H,6,8,10H2,1-4H3/t11-,13+/m1/s1. The van der Waals surface area contributed by atoms with Crippen LogP contribution in [0.2, 0.25) is 0 Å². The first kappa shape index (κ1) is 14.8. The van der Waals surface area contributed by atoms with E-state index in [1.165, 1.54) is 5.56 Å². The Morgan fingerprint density at radius 2 is 2.26 bits per heavy atom. The van der Waals surface area contributed by atoms with E-state index in [4.69, 9.17) is 4.74 Å². The Balaban J connectivity index is 1.91. The quantitative estimate of drug-likeness (QED) is 0.859. The lowest BCUT2D eigenvalue weighted by molar-refractivity contribution is 0.113. The Labute approximate surface area is 120 Å².